The minimum Gasteiger partial charge on any atom is -0.382 e. The molecule has 2 N–H and O–H groups in total. The Bertz CT molecular complexity index is 966. The summed E-state index contributed by atoms with van der Waals surface area (Å²) < 4.78 is 39.3. The van der Waals surface area contributed by atoms with Gasteiger partial charge < -0.3 is 5.73 Å². The van der Waals surface area contributed by atoms with Crippen molar-refractivity contribution in [3.8, 4) is 11.1 Å². The molecule has 0 unspecified atom stereocenters. The van der Waals surface area contributed by atoms with E-state index in [0.29, 0.717) is 16.7 Å². The highest BCUT2D eigenvalue weighted by atomic mass is 32.2. The van der Waals surface area contributed by atoms with Crippen LogP contribution in [0.3, 0.4) is 0 Å². The quantitative estimate of drug-likeness (QED) is 0.800. The molecule has 0 fully saturated rings. The highest BCUT2D eigenvalue weighted by Crippen LogP contribution is 2.28. The van der Waals surface area contributed by atoms with Crippen molar-refractivity contribution in [3.05, 3.63) is 66.1 Å². The van der Waals surface area contributed by atoms with Gasteiger partial charge in [-0.2, -0.15) is 12.5 Å². The number of nitrogens with two attached hydrogens (primary N) is 1. The third-order valence-corrected chi connectivity index (χ3v) is 5.03. The molecular weight excluding hydrogens is 317 g/mol. The summed E-state index contributed by atoms with van der Waals surface area (Å²) in [5.41, 5.74) is 7.34. The van der Waals surface area contributed by atoms with Crippen LogP contribution in [-0.4, -0.2) is 17.6 Å². The third-order valence-electron chi connectivity index (χ3n) is 3.48. The van der Waals surface area contributed by atoms with Gasteiger partial charge in [0.05, 0.1) is 11.1 Å². The lowest BCUT2D eigenvalue weighted by atomic mass is 10.1. The van der Waals surface area contributed by atoms with Gasteiger partial charge in [0.15, 0.2) is 5.82 Å². The average Bonchev–Trinajstić information content (AvgIpc) is 2.93. The Labute approximate surface area is 133 Å². The van der Waals surface area contributed by atoms with E-state index < -0.39 is 10.0 Å². The summed E-state index contributed by atoms with van der Waals surface area (Å²) >= 11 is 0. The lowest BCUT2D eigenvalue weighted by Gasteiger charge is -2.03. The van der Waals surface area contributed by atoms with E-state index in [1.54, 1.807) is 31.2 Å². The Kier molecular flexibility index (Phi) is 3.65. The first-order valence-electron chi connectivity index (χ1n) is 6.82. The van der Waals surface area contributed by atoms with Crippen LogP contribution in [0.1, 0.15) is 5.56 Å². The summed E-state index contributed by atoms with van der Waals surface area (Å²) in [5, 5.41) is 3.90. The lowest BCUT2D eigenvalue weighted by molar-refractivity contribution is 0.580. The summed E-state index contributed by atoms with van der Waals surface area (Å²) in [6.07, 6.45) is 1.34. The van der Waals surface area contributed by atoms with Crippen molar-refractivity contribution in [1.29, 1.82) is 0 Å². The number of hydrogen-bond donors (Lipinski definition) is 1. The molecule has 0 spiro atoms. The molecule has 0 aliphatic heterocycles. The number of nitrogens with zero attached hydrogens (tertiary/aromatic N) is 2. The van der Waals surface area contributed by atoms with Crippen LogP contribution in [0.25, 0.3) is 11.1 Å². The van der Waals surface area contributed by atoms with E-state index in [-0.39, 0.29) is 16.5 Å². The van der Waals surface area contributed by atoms with Crippen LogP contribution in [-0.2, 0) is 10.0 Å². The van der Waals surface area contributed by atoms with Crippen LogP contribution in [0.2, 0.25) is 0 Å². The van der Waals surface area contributed by atoms with E-state index in [1.165, 1.54) is 30.5 Å². The van der Waals surface area contributed by atoms with Gasteiger partial charge in [0.25, 0.3) is 10.0 Å². The Balaban J connectivity index is 2.10. The van der Waals surface area contributed by atoms with Gasteiger partial charge in [0.1, 0.15) is 5.82 Å². The van der Waals surface area contributed by atoms with Gasteiger partial charge >= 0.3 is 0 Å². The number of anilines is 1. The molecule has 3 aromatic rings. The molecule has 118 valence electrons. The third kappa shape index (κ3) is 2.70. The van der Waals surface area contributed by atoms with Crippen molar-refractivity contribution in [2.75, 3.05) is 5.73 Å². The normalized spacial score (nSPS) is 11.6. The molecule has 1 heterocycles. The fourth-order valence-electron chi connectivity index (χ4n) is 2.22. The van der Waals surface area contributed by atoms with Crippen LogP contribution >= 0.6 is 0 Å². The van der Waals surface area contributed by atoms with Crippen molar-refractivity contribution in [1.82, 2.24) is 9.19 Å². The summed E-state index contributed by atoms with van der Waals surface area (Å²) in [7, 11) is -3.82. The Morgan fingerprint density at radius 2 is 1.83 bits per heavy atom. The maximum Gasteiger partial charge on any atom is 0.283 e. The number of hydrogen-bond acceptors (Lipinski definition) is 4. The fraction of sp³-hybridized carbons (Fsp3) is 0.0625. The molecule has 1 aromatic heterocycles. The van der Waals surface area contributed by atoms with E-state index in [9.17, 15) is 12.8 Å². The standard InChI is InChI=1S/C16H14FN3O2S/c1-11-9-12(7-8-15(11)17)14-10-20(19-16(14)18)23(21,22)13-5-3-2-4-6-13/h2-10H,1H3,(H2,18,19). The minimum absolute atomic E-state index is 0.0653. The minimum atomic E-state index is -3.82. The van der Waals surface area contributed by atoms with Crippen LogP contribution in [0.15, 0.2) is 59.6 Å². The maximum absolute atomic E-state index is 13.4. The van der Waals surface area contributed by atoms with Gasteiger partial charge in [-0.05, 0) is 42.3 Å². The first kappa shape index (κ1) is 15.2. The zero-order valence-electron chi connectivity index (χ0n) is 12.3. The van der Waals surface area contributed by atoms with Crippen molar-refractivity contribution >= 4 is 15.8 Å². The van der Waals surface area contributed by atoms with E-state index in [2.05, 4.69) is 5.10 Å². The van der Waals surface area contributed by atoms with Crippen molar-refractivity contribution in [2.24, 2.45) is 0 Å². The van der Waals surface area contributed by atoms with E-state index >= 15 is 0 Å². The van der Waals surface area contributed by atoms with Gasteiger partial charge in [-0.25, -0.2) is 4.39 Å². The van der Waals surface area contributed by atoms with Crippen molar-refractivity contribution in [3.63, 3.8) is 0 Å². The first-order valence-corrected chi connectivity index (χ1v) is 8.26. The molecule has 7 heteroatoms. The number of nitrogen functional groups attached to an aromatic ring is 1. The summed E-state index contributed by atoms with van der Waals surface area (Å²) in [6.45, 7) is 1.63. The van der Waals surface area contributed by atoms with Gasteiger partial charge in [-0.3, -0.25) is 0 Å². The number of halogens is 1. The molecule has 0 radical (unpaired) electrons. The number of aryl methyl sites for hydroxylation is 1. The average molecular weight is 331 g/mol. The SMILES string of the molecule is Cc1cc(-c2cn(S(=O)(=O)c3ccccc3)nc2N)ccc1F. The molecule has 0 amide bonds. The second-order valence-electron chi connectivity index (χ2n) is 5.08. The highest BCUT2D eigenvalue weighted by Gasteiger charge is 2.20. The predicted molar refractivity (Wildman–Crippen MR) is 85.8 cm³/mol. The summed E-state index contributed by atoms with van der Waals surface area (Å²) in [6, 6.07) is 12.4. The molecule has 2 aromatic carbocycles. The molecule has 23 heavy (non-hydrogen) atoms. The summed E-state index contributed by atoms with van der Waals surface area (Å²) in [4.78, 5) is 0.115. The van der Waals surface area contributed by atoms with E-state index in [4.69, 9.17) is 5.73 Å². The smallest absolute Gasteiger partial charge is 0.283 e. The van der Waals surface area contributed by atoms with Gasteiger partial charge in [-0.15, -0.1) is 5.10 Å². The van der Waals surface area contributed by atoms with Gasteiger partial charge in [0.2, 0.25) is 0 Å². The molecular formula is C16H14FN3O2S. The second kappa shape index (κ2) is 5.51. The zero-order chi connectivity index (χ0) is 16.6. The van der Waals surface area contributed by atoms with Gasteiger partial charge in [-0.1, -0.05) is 24.3 Å². The van der Waals surface area contributed by atoms with E-state index in [1.807, 2.05) is 0 Å². The molecule has 0 saturated carbocycles. The second-order valence-corrected chi connectivity index (χ2v) is 6.88. The Morgan fingerprint density at radius 1 is 1.13 bits per heavy atom. The first-order chi connectivity index (χ1) is 10.9. The van der Waals surface area contributed by atoms with Crippen molar-refractivity contribution < 1.29 is 12.8 Å². The molecule has 0 aliphatic rings. The van der Waals surface area contributed by atoms with Crippen LogP contribution in [0.4, 0.5) is 10.2 Å². The van der Waals surface area contributed by atoms with Crippen LogP contribution in [0.5, 0.6) is 0 Å². The van der Waals surface area contributed by atoms with Gasteiger partial charge in [0, 0.05) is 5.56 Å². The molecule has 3 rings (SSSR count). The number of rotatable bonds is 3. The Morgan fingerprint density at radius 3 is 2.48 bits per heavy atom. The molecule has 0 saturated heterocycles. The zero-order valence-corrected chi connectivity index (χ0v) is 13.1. The molecule has 5 nitrogen and oxygen atoms in total. The molecule has 0 bridgehead atoms. The molecule has 0 atom stereocenters. The largest absolute Gasteiger partial charge is 0.382 e. The van der Waals surface area contributed by atoms with Crippen LogP contribution < -0.4 is 5.73 Å². The van der Waals surface area contributed by atoms with Crippen molar-refractivity contribution in [2.45, 2.75) is 11.8 Å². The predicted octanol–water partition coefficient (Wildman–Crippen LogP) is 2.82. The lowest BCUT2D eigenvalue weighted by Crippen LogP contribution is -2.13. The summed E-state index contributed by atoms with van der Waals surface area (Å²) in [5.74, 6) is -0.271. The highest BCUT2D eigenvalue weighted by molar-refractivity contribution is 7.89. The van der Waals surface area contributed by atoms with Crippen LogP contribution in [0, 0.1) is 12.7 Å². The van der Waals surface area contributed by atoms with E-state index in [0.717, 1.165) is 4.09 Å². The fourth-order valence-corrected chi connectivity index (χ4v) is 3.38. The molecule has 0 aliphatic carbocycles. The maximum atomic E-state index is 13.4. The topological polar surface area (TPSA) is 78.0 Å². The number of aromatic nitrogens is 2. The Hall–Kier alpha value is -2.67. The monoisotopic (exact) mass is 331 g/mol. The number of benzene rings is 2.